The predicted molar refractivity (Wildman–Crippen MR) is 223 cm³/mol. The number of ketones is 1. The smallest absolute Gasteiger partial charge is 0.309 e. The van der Waals surface area contributed by atoms with Crippen LogP contribution < -0.4 is 16.4 Å². The summed E-state index contributed by atoms with van der Waals surface area (Å²) in [5.41, 5.74) is 6.72. The van der Waals surface area contributed by atoms with Crippen LogP contribution in [0.4, 0.5) is 0 Å². The molecular formula is C48H66N4O6. The second-order valence-corrected chi connectivity index (χ2v) is 20.5. The maximum Gasteiger partial charge on any atom is 0.309 e. The second-order valence-electron chi connectivity index (χ2n) is 20.5. The average Bonchev–Trinajstić information content (AvgIpc) is 3.47. The number of hydrogen-bond acceptors (Lipinski definition) is 8. The summed E-state index contributed by atoms with van der Waals surface area (Å²) < 4.78 is 6.27. The number of esters is 1. The zero-order chi connectivity index (χ0) is 42.1. The maximum absolute atomic E-state index is 14.3. The number of rotatable bonds is 10. The highest BCUT2D eigenvalue weighted by atomic mass is 16.5. The normalized spacial score (nSPS) is 38.3. The van der Waals surface area contributed by atoms with Gasteiger partial charge in [-0.05, 0) is 147 Å². The first-order valence-corrected chi connectivity index (χ1v) is 22.0. The Hall–Kier alpha value is -4.08. The molecule has 0 saturated heterocycles. The van der Waals surface area contributed by atoms with E-state index < -0.39 is 17.0 Å². The average molecular weight is 795 g/mol. The van der Waals surface area contributed by atoms with Crippen LogP contribution in [0.25, 0.3) is 0 Å². The van der Waals surface area contributed by atoms with Crippen molar-refractivity contribution in [1.29, 1.82) is 5.41 Å². The third-order valence-electron chi connectivity index (χ3n) is 16.7. The van der Waals surface area contributed by atoms with Gasteiger partial charge in [-0.15, -0.1) is 0 Å². The van der Waals surface area contributed by atoms with Crippen molar-refractivity contribution in [2.75, 3.05) is 0 Å². The van der Waals surface area contributed by atoms with Crippen LogP contribution in [0.15, 0.2) is 53.3 Å². The van der Waals surface area contributed by atoms with Crippen LogP contribution in [0.5, 0.6) is 0 Å². The Morgan fingerprint density at radius 1 is 0.948 bits per heavy atom. The largest absolute Gasteiger partial charge is 0.462 e. The van der Waals surface area contributed by atoms with Gasteiger partial charge in [-0.25, -0.2) is 0 Å². The molecule has 0 bridgehead atoms. The molecule has 5 N–H and O–H groups in total. The summed E-state index contributed by atoms with van der Waals surface area (Å²) in [7, 11) is 0. The van der Waals surface area contributed by atoms with Crippen LogP contribution in [0.3, 0.4) is 0 Å². The molecule has 12 unspecified atom stereocenters. The number of allylic oxidation sites excluding steroid dienone is 2. The minimum Gasteiger partial charge on any atom is -0.462 e. The number of benzene rings is 1. The number of aldehydes is 1. The van der Waals surface area contributed by atoms with Gasteiger partial charge >= 0.3 is 5.97 Å². The molecule has 10 heteroatoms. The van der Waals surface area contributed by atoms with Gasteiger partial charge in [0.2, 0.25) is 5.91 Å². The first-order valence-electron chi connectivity index (χ1n) is 22.0. The van der Waals surface area contributed by atoms with Crippen LogP contribution in [0.2, 0.25) is 0 Å². The molecule has 2 amide bonds. The first kappa shape index (κ1) is 42.1. The molecule has 10 nitrogen and oxygen atoms in total. The van der Waals surface area contributed by atoms with Gasteiger partial charge in [0.15, 0.2) is 5.78 Å². The van der Waals surface area contributed by atoms with E-state index in [0.717, 1.165) is 62.4 Å². The van der Waals surface area contributed by atoms with Gasteiger partial charge in [-0.3, -0.25) is 19.2 Å². The van der Waals surface area contributed by atoms with Gasteiger partial charge in [0, 0.05) is 12.3 Å². The maximum atomic E-state index is 14.3. The van der Waals surface area contributed by atoms with Crippen LogP contribution in [-0.2, 0) is 28.7 Å². The van der Waals surface area contributed by atoms with Crippen molar-refractivity contribution >= 4 is 35.6 Å². The molecular weight excluding hydrogens is 729 g/mol. The number of nitrogens with one attached hydrogen (secondary N) is 3. The summed E-state index contributed by atoms with van der Waals surface area (Å²) in [5.74, 6) is 0.573. The first-order chi connectivity index (χ1) is 27.3. The van der Waals surface area contributed by atoms with Crippen molar-refractivity contribution in [3.8, 4) is 0 Å². The lowest BCUT2D eigenvalue weighted by Crippen LogP contribution is -2.65. The van der Waals surface area contributed by atoms with Gasteiger partial charge < -0.3 is 31.3 Å². The number of carbonyl (C=O) groups excluding carboxylic acids is 5. The fraction of sp³-hybridized carbons (Fsp3) is 0.667. The Balaban J connectivity index is 1.08. The number of ether oxygens (including phenoxy) is 1. The SMILES string of the molecule is CC(C)C1=C2C3CCC4C(C)(CCC5C(C)C(OC(=O)C6CC(C=O)C6C)CCC54C)C3CCC2(NC(=O)C(C)(C)NC(=O)/C(N)=C/C(=N)c2ccccc2)CC1=O. The lowest BCUT2D eigenvalue weighted by molar-refractivity contribution is -0.195. The Kier molecular flexibility index (Phi) is 11.0. The number of fused-ring (bicyclic) bond motifs is 7. The lowest BCUT2D eigenvalue weighted by Gasteiger charge is -2.67. The van der Waals surface area contributed by atoms with Crippen LogP contribution >= 0.6 is 0 Å². The molecule has 0 heterocycles. The summed E-state index contributed by atoms with van der Waals surface area (Å²) in [6.07, 6.45) is 10.6. The van der Waals surface area contributed by atoms with E-state index in [1.165, 1.54) is 6.08 Å². The number of hydrogen-bond donors (Lipinski definition) is 4. The van der Waals surface area contributed by atoms with Gasteiger partial charge in [0.05, 0.1) is 22.9 Å². The van der Waals surface area contributed by atoms with E-state index in [4.69, 9.17) is 15.9 Å². The van der Waals surface area contributed by atoms with E-state index in [9.17, 15) is 24.0 Å². The number of Topliss-reactive ketones (excluding diaryl/α,β-unsaturated/α-hetero) is 1. The number of nitrogens with two attached hydrogens (primary N) is 1. The van der Waals surface area contributed by atoms with Crippen molar-refractivity contribution in [1.82, 2.24) is 10.6 Å². The topological polar surface area (TPSA) is 169 Å². The number of amides is 2. The van der Waals surface area contributed by atoms with Crippen LogP contribution in [0.1, 0.15) is 125 Å². The third kappa shape index (κ3) is 6.88. The Bertz CT molecular complexity index is 1940. The zero-order valence-electron chi connectivity index (χ0n) is 35.9. The molecule has 0 spiro atoms. The minimum atomic E-state index is -1.35. The molecule has 5 fully saturated rings. The molecule has 7 rings (SSSR count). The molecule has 314 valence electrons. The molecule has 0 aliphatic heterocycles. The molecule has 0 aromatic heterocycles. The number of carbonyl (C=O) groups is 5. The molecule has 6 aliphatic carbocycles. The predicted octanol–water partition coefficient (Wildman–Crippen LogP) is 7.24. The van der Waals surface area contributed by atoms with E-state index in [1.807, 2.05) is 25.1 Å². The molecule has 5 saturated carbocycles. The van der Waals surface area contributed by atoms with Crippen molar-refractivity contribution in [2.24, 2.45) is 69.8 Å². The summed E-state index contributed by atoms with van der Waals surface area (Å²) >= 11 is 0. The molecule has 1 aromatic rings. The summed E-state index contributed by atoms with van der Waals surface area (Å²) in [6, 6.07) is 9.00. The van der Waals surface area contributed by atoms with E-state index in [2.05, 4.69) is 45.3 Å². The minimum absolute atomic E-state index is 0.0162. The van der Waals surface area contributed by atoms with Crippen molar-refractivity contribution in [3.63, 3.8) is 0 Å². The zero-order valence-corrected chi connectivity index (χ0v) is 35.9. The van der Waals surface area contributed by atoms with Gasteiger partial charge in [-0.1, -0.05) is 71.9 Å². The summed E-state index contributed by atoms with van der Waals surface area (Å²) in [5, 5.41) is 14.6. The molecule has 58 heavy (non-hydrogen) atoms. The Morgan fingerprint density at radius 3 is 2.26 bits per heavy atom. The Morgan fingerprint density at radius 2 is 1.60 bits per heavy atom. The van der Waals surface area contributed by atoms with Crippen molar-refractivity contribution < 1.29 is 28.7 Å². The van der Waals surface area contributed by atoms with E-state index in [-0.39, 0.29) is 87.9 Å². The summed E-state index contributed by atoms with van der Waals surface area (Å²) in [6.45, 7) is 16.8. The van der Waals surface area contributed by atoms with E-state index in [1.54, 1.807) is 26.0 Å². The molecule has 1 aromatic carbocycles. The Labute approximate surface area is 344 Å². The quantitative estimate of drug-likeness (QED) is 0.0838. The van der Waals surface area contributed by atoms with Crippen molar-refractivity contribution in [3.05, 3.63) is 58.8 Å². The van der Waals surface area contributed by atoms with Crippen LogP contribution in [0, 0.1) is 69.5 Å². The van der Waals surface area contributed by atoms with Gasteiger partial charge in [0.1, 0.15) is 17.9 Å². The standard InChI is InChI=1S/C48H66N4O6/c1-26(2)40-37(54)24-48(52-44(57)45(5,6)51-42(55)36(50)23-35(49)29-12-10-9-11-13-29)21-17-34-31(41(40)48)14-15-39-46(7)20-18-38(28(4)33(46)16-19-47(34,39)8)58-43(56)32-22-30(25-53)27(32)3/h9-13,23,25-28,30-34,38-39,49H,14-22,24,50H2,1-8H3,(H,51,55)(H,52,57)/b36-23-,49-35?. The highest BCUT2D eigenvalue weighted by Crippen LogP contribution is 2.70. The van der Waals surface area contributed by atoms with Crippen molar-refractivity contribution in [2.45, 2.75) is 137 Å². The highest BCUT2D eigenvalue weighted by molar-refractivity contribution is 6.11. The van der Waals surface area contributed by atoms with Gasteiger partial charge in [0.25, 0.3) is 5.91 Å². The highest BCUT2D eigenvalue weighted by Gasteiger charge is 2.65. The lowest BCUT2D eigenvalue weighted by atomic mass is 9.38. The van der Waals surface area contributed by atoms with Gasteiger partial charge in [-0.2, -0.15) is 0 Å². The monoisotopic (exact) mass is 794 g/mol. The molecule has 6 aliphatic rings. The molecule has 0 radical (unpaired) electrons. The fourth-order valence-corrected chi connectivity index (χ4v) is 13.5. The fourth-order valence-electron chi connectivity index (χ4n) is 13.5. The van der Waals surface area contributed by atoms with E-state index >= 15 is 0 Å². The van der Waals surface area contributed by atoms with E-state index in [0.29, 0.717) is 36.2 Å². The third-order valence-corrected chi connectivity index (χ3v) is 16.7. The summed E-state index contributed by atoms with van der Waals surface area (Å²) in [4.78, 5) is 66.3. The molecule has 12 atom stereocenters. The van der Waals surface area contributed by atoms with Crippen LogP contribution in [-0.4, -0.2) is 52.7 Å². The second kappa shape index (κ2) is 15.2.